The van der Waals surface area contributed by atoms with E-state index in [2.05, 4.69) is 33.0 Å². The van der Waals surface area contributed by atoms with Crippen molar-refractivity contribution < 1.29 is 0 Å². The molecule has 15 heavy (non-hydrogen) atoms. The van der Waals surface area contributed by atoms with Crippen LogP contribution in [-0.2, 0) is 0 Å². The van der Waals surface area contributed by atoms with Gasteiger partial charge in [0.1, 0.15) is 0 Å². The van der Waals surface area contributed by atoms with Crippen LogP contribution in [0.2, 0.25) is 0 Å². The molecule has 1 saturated heterocycles. The van der Waals surface area contributed by atoms with Crippen LogP contribution in [0, 0.1) is 23.7 Å². The summed E-state index contributed by atoms with van der Waals surface area (Å²) < 4.78 is 0. The third kappa shape index (κ3) is 4.14. The summed E-state index contributed by atoms with van der Waals surface area (Å²) in [4.78, 5) is 0. The highest BCUT2D eigenvalue weighted by molar-refractivity contribution is 4.82. The fourth-order valence-corrected chi connectivity index (χ4v) is 3.23. The topological polar surface area (TPSA) is 12.0 Å². The molecule has 0 aliphatic carbocycles. The van der Waals surface area contributed by atoms with Crippen molar-refractivity contribution in [3.05, 3.63) is 0 Å². The van der Waals surface area contributed by atoms with Crippen LogP contribution in [0.3, 0.4) is 0 Å². The summed E-state index contributed by atoms with van der Waals surface area (Å²) in [5.74, 6) is 3.70. The Morgan fingerprint density at radius 1 is 1.27 bits per heavy atom. The third-order valence-electron chi connectivity index (χ3n) is 3.92. The summed E-state index contributed by atoms with van der Waals surface area (Å²) in [6.45, 7) is 12.0. The summed E-state index contributed by atoms with van der Waals surface area (Å²) >= 11 is 0. The lowest BCUT2D eigenvalue weighted by molar-refractivity contribution is 0.155. The molecule has 1 N–H and O–H groups in total. The van der Waals surface area contributed by atoms with E-state index in [1.165, 1.54) is 38.8 Å². The van der Waals surface area contributed by atoms with Gasteiger partial charge in [-0.2, -0.15) is 0 Å². The van der Waals surface area contributed by atoms with Gasteiger partial charge in [-0.15, -0.1) is 0 Å². The van der Waals surface area contributed by atoms with Gasteiger partial charge in [0, 0.05) is 0 Å². The molecule has 1 rings (SSSR count). The summed E-state index contributed by atoms with van der Waals surface area (Å²) in [6, 6.07) is 0. The first-order chi connectivity index (χ1) is 7.15. The van der Waals surface area contributed by atoms with Crippen molar-refractivity contribution in [1.82, 2.24) is 5.32 Å². The predicted octanol–water partition coefficient (Wildman–Crippen LogP) is 3.69. The summed E-state index contributed by atoms with van der Waals surface area (Å²) in [5, 5.41) is 3.57. The molecule has 0 aromatic rings. The zero-order valence-corrected chi connectivity index (χ0v) is 11.1. The molecule has 1 heterocycles. The molecule has 0 radical (unpaired) electrons. The minimum Gasteiger partial charge on any atom is -0.316 e. The first-order valence-corrected chi connectivity index (χ1v) is 6.85. The maximum absolute atomic E-state index is 3.57. The van der Waals surface area contributed by atoms with Crippen molar-refractivity contribution in [1.29, 1.82) is 0 Å². The molecule has 0 aromatic carbocycles. The van der Waals surface area contributed by atoms with Crippen LogP contribution in [0.1, 0.15) is 53.4 Å². The Hall–Kier alpha value is -0.0400. The SMILES string of the molecule is CCCC(C)C1CCNCC1CC(C)C. The molecule has 1 nitrogen and oxygen atoms in total. The van der Waals surface area contributed by atoms with E-state index in [9.17, 15) is 0 Å². The van der Waals surface area contributed by atoms with Gasteiger partial charge < -0.3 is 5.32 Å². The number of hydrogen-bond acceptors (Lipinski definition) is 1. The first kappa shape index (κ1) is 13.0. The molecule has 0 saturated carbocycles. The Labute approximate surface area is 96.0 Å². The van der Waals surface area contributed by atoms with E-state index >= 15 is 0 Å². The summed E-state index contributed by atoms with van der Waals surface area (Å²) in [5.41, 5.74) is 0. The van der Waals surface area contributed by atoms with Crippen LogP contribution in [-0.4, -0.2) is 13.1 Å². The smallest absolute Gasteiger partial charge is 0.00177 e. The second-order valence-electron chi connectivity index (χ2n) is 5.81. The Balaban J connectivity index is 2.48. The van der Waals surface area contributed by atoms with Crippen molar-refractivity contribution in [2.24, 2.45) is 23.7 Å². The van der Waals surface area contributed by atoms with Gasteiger partial charge in [-0.05, 0) is 49.6 Å². The minimum atomic E-state index is 0.853. The van der Waals surface area contributed by atoms with E-state index in [4.69, 9.17) is 0 Å². The zero-order valence-electron chi connectivity index (χ0n) is 11.1. The van der Waals surface area contributed by atoms with Gasteiger partial charge in [0.05, 0.1) is 0 Å². The fraction of sp³-hybridized carbons (Fsp3) is 1.00. The Bertz CT molecular complexity index is 165. The molecule has 3 atom stereocenters. The lowest BCUT2D eigenvalue weighted by Gasteiger charge is -2.37. The van der Waals surface area contributed by atoms with Gasteiger partial charge in [0.25, 0.3) is 0 Å². The minimum absolute atomic E-state index is 0.853. The fourth-order valence-electron chi connectivity index (χ4n) is 3.23. The average molecular weight is 211 g/mol. The van der Waals surface area contributed by atoms with Crippen LogP contribution in [0.4, 0.5) is 0 Å². The first-order valence-electron chi connectivity index (χ1n) is 6.85. The van der Waals surface area contributed by atoms with E-state index in [0.29, 0.717) is 0 Å². The molecule has 1 aliphatic heterocycles. The summed E-state index contributed by atoms with van der Waals surface area (Å²) in [6.07, 6.45) is 5.57. The molecule has 0 amide bonds. The maximum atomic E-state index is 3.57. The Morgan fingerprint density at radius 2 is 2.00 bits per heavy atom. The molecule has 0 spiro atoms. The zero-order chi connectivity index (χ0) is 11.3. The van der Waals surface area contributed by atoms with Gasteiger partial charge >= 0.3 is 0 Å². The number of rotatable bonds is 5. The molecule has 90 valence electrons. The van der Waals surface area contributed by atoms with E-state index in [-0.39, 0.29) is 0 Å². The van der Waals surface area contributed by atoms with Crippen molar-refractivity contribution >= 4 is 0 Å². The third-order valence-corrected chi connectivity index (χ3v) is 3.92. The predicted molar refractivity (Wildman–Crippen MR) is 68.0 cm³/mol. The van der Waals surface area contributed by atoms with Crippen LogP contribution in [0.15, 0.2) is 0 Å². The van der Waals surface area contributed by atoms with Crippen molar-refractivity contribution in [3.8, 4) is 0 Å². The molecular weight excluding hydrogens is 182 g/mol. The quantitative estimate of drug-likeness (QED) is 0.731. The highest BCUT2D eigenvalue weighted by Crippen LogP contribution is 2.33. The van der Waals surface area contributed by atoms with E-state index in [1.807, 2.05) is 0 Å². The van der Waals surface area contributed by atoms with Crippen LogP contribution in [0.25, 0.3) is 0 Å². The van der Waals surface area contributed by atoms with E-state index < -0.39 is 0 Å². The molecule has 0 aromatic heterocycles. The Kier molecular flexibility index (Phi) is 5.66. The van der Waals surface area contributed by atoms with Gasteiger partial charge in [-0.25, -0.2) is 0 Å². The largest absolute Gasteiger partial charge is 0.316 e. The van der Waals surface area contributed by atoms with Crippen molar-refractivity contribution in [2.75, 3.05) is 13.1 Å². The lowest BCUT2D eigenvalue weighted by atomic mass is 9.73. The van der Waals surface area contributed by atoms with Gasteiger partial charge in [0.15, 0.2) is 0 Å². The maximum Gasteiger partial charge on any atom is -0.00177 e. The van der Waals surface area contributed by atoms with Crippen LogP contribution < -0.4 is 5.32 Å². The molecule has 1 heteroatoms. The monoisotopic (exact) mass is 211 g/mol. The number of hydrogen-bond donors (Lipinski definition) is 1. The second-order valence-corrected chi connectivity index (χ2v) is 5.81. The molecule has 1 aliphatic rings. The van der Waals surface area contributed by atoms with Gasteiger partial charge in [-0.3, -0.25) is 0 Å². The standard InChI is InChI=1S/C14H29N/c1-5-6-12(4)14-7-8-15-10-13(14)9-11(2)3/h11-15H,5-10H2,1-4H3. The number of nitrogens with one attached hydrogen (secondary N) is 1. The van der Waals surface area contributed by atoms with Crippen LogP contribution in [0.5, 0.6) is 0 Å². The molecular formula is C14H29N. The highest BCUT2D eigenvalue weighted by Gasteiger charge is 2.29. The molecule has 0 bridgehead atoms. The number of piperidine rings is 1. The molecule has 3 unspecified atom stereocenters. The van der Waals surface area contributed by atoms with Crippen molar-refractivity contribution in [3.63, 3.8) is 0 Å². The Morgan fingerprint density at radius 3 is 2.60 bits per heavy atom. The normalized spacial score (nSPS) is 29.4. The molecule has 1 fully saturated rings. The average Bonchev–Trinajstić information content (AvgIpc) is 2.18. The summed E-state index contributed by atoms with van der Waals surface area (Å²) in [7, 11) is 0. The highest BCUT2D eigenvalue weighted by atomic mass is 14.9. The van der Waals surface area contributed by atoms with Gasteiger partial charge in [-0.1, -0.05) is 40.5 Å². The second kappa shape index (κ2) is 6.52. The van der Waals surface area contributed by atoms with E-state index in [0.717, 1.165) is 23.7 Å². The van der Waals surface area contributed by atoms with Gasteiger partial charge in [0.2, 0.25) is 0 Å². The lowest BCUT2D eigenvalue weighted by Crippen LogP contribution is -2.39. The van der Waals surface area contributed by atoms with E-state index in [1.54, 1.807) is 0 Å². The van der Waals surface area contributed by atoms with Crippen LogP contribution >= 0.6 is 0 Å². The van der Waals surface area contributed by atoms with Crippen molar-refractivity contribution in [2.45, 2.75) is 53.4 Å².